The summed E-state index contributed by atoms with van der Waals surface area (Å²) in [4.78, 5) is 11.9. The molecule has 3 heteroatoms. The van der Waals surface area contributed by atoms with Gasteiger partial charge in [-0.15, -0.1) is 0 Å². The van der Waals surface area contributed by atoms with E-state index in [0.29, 0.717) is 5.56 Å². The average molecular weight is 328 g/mol. The number of carbonyl (C=O) groups is 1. The van der Waals surface area contributed by atoms with Crippen molar-refractivity contribution in [2.24, 2.45) is 5.73 Å². The van der Waals surface area contributed by atoms with Crippen molar-refractivity contribution < 1.29 is 4.79 Å². The van der Waals surface area contributed by atoms with Crippen molar-refractivity contribution in [3.8, 4) is 0 Å². The summed E-state index contributed by atoms with van der Waals surface area (Å²) in [6.45, 7) is 5.06. The fourth-order valence-corrected chi connectivity index (χ4v) is 3.73. The van der Waals surface area contributed by atoms with Crippen molar-refractivity contribution in [1.82, 2.24) is 4.57 Å². The number of rotatable bonds is 3. The number of primary amides is 1. The predicted octanol–water partition coefficient (Wildman–Crippen LogP) is 4.56. The number of para-hydroxylation sites is 1. The van der Waals surface area contributed by atoms with Gasteiger partial charge in [-0.1, -0.05) is 42.5 Å². The second-order valence-corrected chi connectivity index (χ2v) is 6.54. The Bertz CT molecular complexity index is 1100. The normalized spacial score (nSPS) is 11.3. The first-order valence-electron chi connectivity index (χ1n) is 8.43. The van der Waals surface area contributed by atoms with Crippen LogP contribution in [-0.4, -0.2) is 10.5 Å². The number of nitrogens with two attached hydrogens (primary N) is 1. The third kappa shape index (κ3) is 2.40. The highest BCUT2D eigenvalue weighted by Crippen LogP contribution is 2.32. The SMILES string of the molecule is Cc1cccc(C)c1Cn1c2ccccc2c2c(C(N)=O)cccc21. The van der Waals surface area contributed by atoms with Crippen LogP contribution in [0.25, 0.3) is 21.8 Å². The third-order valence-corrected chi connectivity index (χ3v) is 5.02. The number of benzene rings is 3. The average Bonchev–Trinajstić information content (AvgIpc) is 2.92. The number of aromatic nitrogens is 1. The first kappa shape index (κ1) is 15.5. The first-order chi connectivity index (χ1) is 12.1. The minimum Gasteiger partial charge on any atom is -0.366 e. The molecular formula is C22H20N2O. The maximum absolute atomic E-state index is 11.9. The van der Waals surface area contributed by atoms with Crippen LogP contribution in [0.3, 0.4) is 0 Å². The number of hydrogen-bond donors (Lipinski definition) is 1. The van der Waals surface area contributed by atoms with Crippen molar-refractivity contribution in [2.75, 3.05) is 0 Å². The zero-order chi connectivity index (χ0) is 17.6. The van der Waals surface area contributed by atoms with Crippen LogP contribution in [0.4, 0.5) is 0 Å². The minimum absolute atomic E-state index is 0.388. The van der Waals surface area contributed by atoms with Crippen molar-refractivity contribution in [3.05, 3.63) is 82.9 Å². The Hall–Kier alpha value is -3.07. The summed E-state index contributed by atoms with van der Waals surface area (Å²) < 4.78 is 2.28. The maximum Gasteiger partial charge on any atom is 0.249 e. The van der Waals surface area contributed by atoms with Crippen LogP contribution < -0.4 is 5.73 Å². The molecule has 2 N–H and O–H groups in total. The molecule has 3 aromatic carbocycles. The number of fused-ring (bicyclic) bond motifs is 3. The van der Waals surface area contributed by atoms with Crippen molar-refractivity contribution in [1.29, 1.82) is 0 Å². The molecule has 0 spiro atoms. The maximum atomic E-state index is 11.9. The highest BCUT2D eigenvalue weighted by Gasteiger charge is 2.16. The Labute approximate surface area is 146 Å². The fourth-order valence-electron chi connectivity index (χ4n) is 3.73. The van der Waals surface area contributed by atoms with Gasteiger partial charge in [0, 0.05) is 28.4 Å². The summed E-state index contributed by atoms with van der Waals surface area (Å²) in [6.07, 6.45) is 0. The molecule has 25 heavy (non-hydrogen) atoms. The van der Waals surface area contributed by atoms with Gasteiger partial charge in [-0.05, 0) is 48.7 Å². The van der Waals surface area contributed by atoms with Gasteiger partial charge in [0.05, 0.1) is 5.52 Å². The quantitative estimate of drug-likeness (QED) is 0.589. The fraction of sp³-hybridized carbons (Fsp3) is 0.136. The summed E-state index contributed by atoms with van der Waals surface area (Å²) in [6, 6.07) is 20.4. The van der Waals surface area contributed by atoms with Gasteiger partial charge in [-0.25, -0.2) is 0 Å². The second kappa shape index (κ2) is 5.78. The molecule has 0 bridgehead atoms. The third-order valence-electron chi connectivity index (χ3n) is 5.02. The summed E-state index contributed by atoms with van der Waals surface area (Å²) in [5.74, 6) is -0.388. The lowest BCUT2D eigenvalue weighted by Gasteiger charge is -2.13. The van der Waals surface area contributed by atoms with Gasteiger partial charge in [0.1, 0.15) is 0 Å². The van der Waals surface area contributed by atoms with E-state index >= 15 is 0 Å². The molecule has 1 amide bonds. The molecule has 0 aliphatic rings. The van der Waals surface area contributed by atoms with E-state index in [2.05, 4.69) is 54.8 Å². The molecular weight excluding hydrogens is 308 g/mol. The minimum atomic E-state index is -0.388. The molecule has 0 unspecified atom stereocenters. The number of aryl methyl sites for hydroxylation is 2. The number of amides is 1. The van der Waals surface area contributed by atoms with E-state index in [0.717, 1.165) is 28.4 Å². The Balaban J connectivity index is 2.06. The zero-order valence-corrected chi connectivity index (χ0v) is 14.4. The van der Waals surface area contributed by atoms with Gasteiger partial charge in [-0.3, -0.25) is 4.79 Å². The molecule has 0 aliphatic carbocycles. The van der Waals surface area contributed by atoms with Crippen LogP contribution in [0.2, 0.25) is 0 Å². The number of hydrogen-bond acceptors (Lipinski definition) is 1. The van der Waals surface area contributed by atoms with E-state index in [4.69, 9.17) is 5.73 Å². The van der Waals surface area contributed by atoms with Crippen molar-refractivity contribution in [3.63, 3.8) is 0 Å². The van der Waals surface area contributed by atoms with Crippen LogP contribution in [0.1, 0.15) is 27.0 Å². The molecule has 0 saturated carbocycles. The van der Waals surface area contributed by atoms with E-state index in [9.17, 15) is 4.79 Å². The largest absolute Gasteiger partial charge is 0.366 e. The molecule has 3 nitrogen and oxygen atoms in total. The van der Waals surface area contributed by atoms with Crippen molar-refractivity contribution >= 4 is 27.7 Å². The van der Waals surface area contributed by atoms with Gasteiger partial charge in [-0.2, -0.15) is 0 Å². The van der Waals surface area contributed by atoms with E-state index in [-0.39, 0.29) is 5.91 Å². The lowest BCUT2D eigenvalue weighted by atomic mass is 10.0. The molecule has 0 saturated heterocycles. The summed E-state index contributed by atoms with van der Waals surface area (Å²) in [7, 11) is 0. The van der Waals surface area contributed by atoms with Gasteiger partial charge < -0.3 is 10.3 Å². The second-order valence-electron chi connectivity index (χ2n) is 6.54. The lowest BCUT2D eigenvalue weighted by Crippen LogP contribution is -2.11. The Morgan fingerprint density at radius 3 is 2.24 bits per heavy atom. The summed E-state index contributed by atoms with van der Waals surface area (Å²) >= 11 is 0. The van der Waals surface area contributed by atoms with Crippen LogP contribution in [-0.2, 0) is 6.54 Å². The van der Waals surface area contributed by atoms with E-state index < -0.39 is 0 Å². The van der Waals surface area contributed by atoms with Crippen LogP contribution in [0.5, 0.6) is 0 Å². The monoisotopic (exact) mass is 328 g/mol. The molecule has 1 heterocycles. The molecule has 0 fully saturated rings. The zero-order valence-electron chi connectivity index (χ0n) is 14.4. The lowest BCUT2D eigenvalue weighted by molar-refractivity contribution is 0.100. The molecule has 124 valence electrons. The summed E-state index contributed by atoms with van der Waals surface area (Å²) in [5.41, 5.74) is 12.2. The summed E-state index contributed by atoms with van der Waals surface area (Å²) in [5, 5.41) is 2.01. The van der Waals surface area contributed by atoms with Gasteiger partial charge in [0.15, 0.2) is 0 Å². The highest BCUT2D eigenvalue weighted by atomic mass is 16.1. The van der Waals surface area contributed by atoms with Gasteiger partial charge in [0.2, 0.25) is 5.91 Å². The molecule has 1 aromatic heterocycles. The van der Waals surface area contributed by atoms with Crippen molar-refractivity contribution in [2.45, 2.75) is 20.4 Å². The van der Waals surface area contributed by atoms with E-state index in [1.54, 1.807) is 6.07 Å². The topological polar surface area (TPSA) is 48.0 Å². The molecule has 4 rings (SSSR count). The van der Waals surface area contributed by atoms with Crippen LogP contribution >= 0.6 is 0 Å². The number of carbonyl (C=O) groups excluding carboxylic acids is 1. The van der Waals surface area contributed by atoms with Gasteiger partial charge in [0.25, 0.3) is 0 Å². The smallest absolute Gasteiger partial charge is 0.249 e. The molecule has 0 radical (unpaired) electrons. The molecule has 0 aliphatic heterocycles. The number of nitrogens with zero attached hydrogens (tertiary/aromatic N) is 1. The predicted molar refractivity (Wildman–Crippen MR) is 103 cm³/mol. The Morgan fingerprint density at radius 1 is 0.880 bits per heavy atom. The molecule has 4 aromatic rings. The highest BCUT2D eigenvalue weighted by molar-refractivity contribution is 6.17. The standard InChI is InChI=1S/C22H20N2O/c1-14-7-5-8-15(2)18(14)13-24-19-11-4-3-9-16(19)21-17(22(23)25)10-6-12-20(21)24/h3-12H,13H2,1-2H3,(H2,23,25). The Morgan fingerprint density at radius 2 is 1.52 bits per heavy atom. The molecule has 0 atom stereocenters. The van der Waals surface area contributed by atoms with Crippen LogP contribution in [0.15, 0.2) is 60.7 Å². The first-order valence-corrected chi connectivity index (χ1v) is 8.43. The van der Waals surface area contributed by atoms with E-state index in [1.165, 1.54) is 16.7 Å². The Kier molecular flexibility index (Phi) is 3.57. The van der Waals surface area contributed by atoms with Gasteiger partial charge >= 0.3 is 0 Å². The van der Waals surface area contributed by atoms with E-state index in [1.807, 2.05) is 18.2 Å². The van der Waals surface area contributed by atoms with Crippen LogP contribution in [0, 0.1) is 13.8 Å².